The highest BCUT2D eigenvalue weighted by molar-refractivity contribution is 7.90. The molecule has 0 bridgehead atoms. The van der Waals surface area contributed by atoms with Crippen molar-refractivity contribution in [2.24, 2.45) is 0 Å². The van der Waals surface area contributed by atoms with Gasteiger partial charge in [0.2, 0.25) is 0 Å². The maximum Gasteiger partial charge on any atom is 0.265 e. The number of carbonyl (C=O) groups excluding carboxylic acids is 1. The van der Waals surface area contributed by atoms with Crippen LogP contribution in [-0.2, 0) is 10.0 Å². The molecule has 0 aliphatic rings. The van der Waals surface area contributed by atoms with Crippen molar-refractivity contribution in [1.82, 2.24) is 9.71 Å². The normalized spacial score (nSPS) is 11.4. The van der Waals surface area contributed by atoms with Gasteiger partial charge in [0.15, 0.2) is 0 Å². The number of pyridine rings is 1. The van der Waals surface area contributed by atoms with Crippen LogP contribution in [0.5, 0.6) is 0 Å². The van der Waals surface area contributed by atoms with E-state index >= 15 is 0 Å². The summed E-state index contributed by atoms with van der Waals surface area (Å²) in [7, 11) is -3.84. The lowest BCUT2D eigenvalue weighted by Gasteiger charge is -2.07. The second kappa shape index (κ2) is 5.27. The molecule has 0 fully saturated rings. The standard InChI is InChI=1S/C14H10N2O3S2/c17-14(16-21(18,19)10-6-8-20-9-10)12-3-1-5-13-11(12)4-2-7-15-13/h1-9H,(H,16,17). The molecule has 3 rings (SSSR count). The number of aromatic nitrogens is 1. The van der Waals surface area contributed by atoms with E-state index in [1.807, 2.05) is 0 Å². The number of hydrogen-bond donors (Lipinski definition) is 1. The summed E-state index contributed by atoms with van der Waals surface area (Å²) in [5.41, 5.74) is 0.914. The molecule has 0 atom stereocenters. The summed E-state index contributed by atoms with van der Waals surface area (Å²) in [6.07, 6.45) is 1.62. The highest BCUT2D eigenvalue weighted by Crippen LogP contribution is 2.18. The third-order valence-corrected chi connectivity index (χ3v) is 5.08. The van der Waals surface area contributed by atoms with Crippen molar-refractivity contribution in [1.29, 1.82) is 0 Å². The molecule has 0 spiro atoms. The third kappa shape index (κ3) is 2.65. The first-order valence-corrected chi connectivity index (χ1v) is 8.43. The van der Waals surface area contributed by atoms with Crippen LogP contribution in [0.2, 0.25) is 0 Å². The van der Waals surface area contributed by atoms with Crippen LogP contribution in [0.4, 0.5) is 0 Å². The first-order valence-electron chi connectivity index (χ1n) is 6.01. The lowest BCUT2D eigenvalue weighted by atomic mass is 10.1. The summed E-state index contributed by atoms with van der Waals surface area (Å²) in [6.45, 7) is 0. The first-order chi connectivity index (χ1) is 10.1. The van der Waals surface area contributed by atoms with E-state index in [2.05, 4.69) is 9.71 Å². The van der Waals surface area contributed by atoms with Crippen LogP contribution >= 0.6 is 11.3 Å². The van der Waals surface area contributed by atoms with E-state index in [1.54, 1.807) is 41.9 Å². The van der Waals surface area contributed by atoms with Crippen molar-refractivity contribution in [3.8, 4) is 0 Å². The Morgan fingerprint density at radius 1 is 1.14 bits per heavy atom. The Kier molecular flexibility index (Phi) is 3.44. The van der Waals surface area contributed by atoms with E-state index in [4.69, 9.17) is 0 Å². The smallest absolute Gasteiger partial charge is 0.265 e. The predicted octanol–water partition coefficient (Wildman–Crippen LogP) is 2.42. The van der Waals surface area contributed by atoms with Crippen LogP contribution in [0.1, 0.15) is 10.4 Å². The van der Waals surface area contributed by atoms with E-state index in [-0.39, 0.29) is 10.5 Å². The molecule has 0 unspecified atom stereocenters. The third-order valence-electron chi connectivity index (χ3n) is 2.92. The second-order valence-corrected chi connectivity index (χ2v) is 6.73. The number of sulfonamides is 1. The molecule has 0 aliphatic carbocycles. The van der Waals surface area contributed by atoms with Crippen LogP contribution < -0.4 is 4.72 Å². The van der Waals surface area contributed by atoms with Crippen molar-refractivity contribution in [2.75, 3.05) is 0 Å². The molecule has 3 aromatic rings. The van der Waals surface area contributed by atoms with Gasteiger partial charge in [0.1, 0.15) is 0 Å². The maximum atomic E-state index is 12.3. The first kappa shape index (κ1) is 13.7. The SMILES string of the molecule is O=C(NS(=O)(=O)c1ccsc1)c1cccc2ncccc12. The maximum absolute atomic E-state index is 12.3. The number of hydrogen-bond acceptors (Lipinski definition) is 5. The van der Waals surface area contributed by atoms with E-state index in [0.29, 0.717) is 10.9 Å². The van der Waals surface area contributed by atoms with Crippen molar-refractivity contribution in [2.45, 2.75) is 4.90 Å². The molecule has 1 amide bonds. The Morgan fingerprint density at radius 2 is 2.00 bits per heavy atom. The molecule has 7 heteroatoms. The van der Waals surface area contributed by atoms with Crippen LogP contribution in [-0.4, -0.2) is 19.3 Å². The van der Waals surface area contributed by atoms with Gasteiger partial charge in [0.25, 0.3) is 15.9 Å². The van der Waals surface area contributed by atoms with E-state index < -0.39 is 15.9 Å². The molecule has 21 heavy (non-hydrogen) atoms. The lowest BCUT2D eigenvalue weighted by molar-refractivity contribution is 0.0983. The molecule has 1 aromatic carbocycles. The Morgan fingerprint density at radius 3 is 2.76 bits per heavy atom. The fourth-order valence-electron chi connectivity index (χ4n) is 1.94. The summed E-state index contributed by atoms with van der Waals surface area (Å²) in [6, 6.07) is 9.88. The molecular formula is C14H10N2O3S2. The lowest BCUT2D eigenvalue weighted by Crippen LogP contribution is -2.30. The number of fused-ring (bicyclic) bond motifs is 1. The Hall–Kier alpha value is -2.25. The van der Waals surface area contributed by atoms with Gasteiger partial charge in [-0.25, -0.2) is 13.1 Å². The van der Waals surface area contributed by atoms with Crippen molar-refractivity contribution < 1.29 is 13.2 Å². The van der Waals surface area contributed by atoms with Crippen LogP contribution in [0, 0.1) is 0 Å². The number of rotatable bonds is 3. The zero-order chi connectivity index (χ0) is 14.9. The molecule has 106 valence electrons. The molecule has 2 heterocycles. The Labute approximate surface area is 125 Å². The van der Waals surface area contributed by atoms with Crippen LogP contribution in [0.15, 0.2) is 58.3 Å². The van der Waals surface area contributed by atoms with Gasteiger partial charge < -0.3 is 0 Å². The number of carbonyl (C=O) groups is 1. The molecule has 0 saturated carbocycles. The molecular weight excluding hydrogens is 308 g/mol. The minimum atomic E-state index is -3.84. The Balaban J connectivity index is 1.99. The number of thiophene rings is 1. The van der Waals surface area contributed by atoms with Crippen LogP contribution in [0.3, 0.4) is 0 Å². The van der Waals surface area contributed by atoms with Gasteiger partial charge in [0.05, 0.1) is 10.4 Å². The molecule has 5 nitrogen and oxygen atoms in total. The molecule has 1 N–H and O–H groups in total. The van der Waals surface area contributed by atoms with Gasteiger partial charge in [0, 0.05) is 22.5 Å². The largest absolute Gasteiger partial charge is 0.268 e. The molecule has 0 radical (unpaired) electrons. The summed E-state index contributed by atoms with van der Waals surface area (Å²) < 4.78 is 26.2. The molecule has 2 aromatic heterocycles. The fourth-order valence-corrected chi connectivity index (χ4v) is 3.94. The molecule has 0 aliphatic heterocycles. The van der Waals surface area contributed by atoms with Crippen molar-refractivity contribution in [3.63, 3.8) is 0 Å². The number of amides is 1. The summed E-state index contributed by atoms with van der Waals surface area (Å²) >= 11 is 1.25. The van der Waals surface area contributed by atoms with Gasteiger partial charge in [-0.2, -0.15) is 11.3 Å². The number of benzene rings is 1. The van der Waals surface area contributed by atoms with E-state index in [9.17, 15) is 13.2 Å². The van der Waals surface area contributed by atoms with Gasteiger partial charge in [-0.15, -0.1) is 0 Å². The zero-order valence-corrected chi connectivity index (χ0v) is 12.3. The monoisotopic (exact) mass is 318 g/mol. The number of nitrogens with one attached hydrogen (secondary N) is 1. The minimum absolute atomic E-state index is 0.0826. The number of nitrogens with zero attached hydrogens (tertiary/aromatic N) is 1. The van der Waals surface area contributed by atoms with Gasteiger partial charge >= 0.3 is 0 Å². The van der Waals surface area contributed by atoms with Gasteiger partial charge in [-0.3, -0.25) is 9.78 Å². The fraction of sp³-hybridized carbons (Fsp3) is 0. The topological polar surface area (TPSA) is 76.1 Å². The Bertz CT molecular complexity index is 898. The van der Waals surface area contributed by atoms with E-state index in [1.165, 1.54) is 22.8 Å². The van der Waals surface area contributed by atoms with Gasteiger partial charge in [-0.05, 0) is 29.6 Å². The average Bonchev–Trinajstić information content (AvgIpc) is 3.01. The predicted molar refractivity (Wildman–Crippen MR) is 80.7 cm³/mol. The molecule has 0 saturated heterocycles. The van der Waals surface area contributed by atoms with Gasteiger partial charge in [-0.1, -0.05) is 12.1 Å². The summed E-state index contributed by atoms with van der Waals surface area (Å²) in [5, 5.41) is 3.72. The highest BCUT2D eigenvalue weighted by atomic mass is 32.2. The highest BCUT2D eigenvalue weighted by Gasteiger charge is 2.20. The van der Waals surface area contributed by atoms with Crippen LogP contribution in [0.25, 0.3) is 10.9 Å². The average molecular weight is 318 g/mol. The van der Waals surface area contributed by atoms with Crippen molar-refractivity contribution in [3.05, 3.63) is 58.9 Å². The minimum Gasteiger partial charge on any atom is -0.268 e. The summed E-state index contributed by atoms with van der Waals surface area (Å²) in [5.74, 6) is -0.667. The van der Waals surface area contributed by atoms with E-state index in [0.717, 1.165) is 0 Å². The zero-order valence-electron chi connectivity index (χ0n) is 10.7. The second-order valence-electron chi connectivity index (χ2n) is 4.27. The summed E-state index contributed by atoms with van der Waals surface area (Å²) in [4.78, 5) is 16.5. The van der Waals surface area contributed by atoms with Crippen molar-refractivity contribution >= 4 is 38.2 Å². The quantitative estimate of drug-likeness (QED) is 0.804.